The van der Waals surface area contributed by atoms with Gasteiger partial charge in [0.25, 0.3) is 0 Å². The zero-order valence-electron chi connectivity index (χ0n) is 8.86. The largest absolute Gasteiger partial charge is 0.328 e. The van der Waals surface area contributed by atoms with E-state index in [0.29, 0.717) is 12.0 Å². The normalized spacial score (nSPS) is 33.2. The number of nitrogens with two attached hydrogens (primary N) is 1. The maximum atomic E-state index is 6.01. The van der Waals surface area contributed by atoms with Gasteiger partial charge in [0.1, 0.15) is 0 Å². The van der Waals surface area contributed by atoms with E-state index in [0.717, 1.165) is 18.0 Å². The molecule has 2 nitrogen and oxygen atoms in total. The van der Waals surface area contributed by atoms with Crippen LogP contribution in [0.3, 0.4) is 0 Å². The molecule has 1 fully saturated rings. The first kappa shape index (κ1) is 10.1. The molecule has 1 aliphatic carbocycles. The molecular weight excluding hydrogens is 192 g/mol. The second-order valence-corrected chi connectivity index (χ2v) is 5.37. The Kier molecular flexibility index (Phi) is 2.88. The molecular formula is C11H18N2S. The minimum Gasteiger partial charge on any atom is -0.328 e. The molecule has 0 aromatic carbocycles. The maximum absolute atomic E-state index is 6.01. The lowest BCUT2D eigenvalue weighted by Crippen LogP contribution is -2.31. The molecule has 0 saturated heterocycles. The Morgan fingerprint density at radius 3 is 2.93 bits per heavy atom. The third-order valence-electron chi connectivity index (χ3n) is 3.19. The van der Waals surface area contributed by atoms with Gasteiger partial charge in [-0.3, -0.25) is 0 Å². The summed E-state index contributed by atoms with van der Waals surface area (Å²) < 4.78 is 0. The highest BCUT2D eigenvalue weighted by molar-refractivity contribution is 7.09. The summed E-state index contributed by atoms with van der Waals surface area (Å²) in [5.74, 6) is 1.36. The highest BCUT2D eigenvalue weighted by Gasteiger charge is 2.28. The Balaban J connectivity index is 2.15. The van der Waals surface area contributed by atoms with Gasteiger partial charge in [-0.15, -0.1) is 11.3 Å². The molecule has 3 atom stereocenters. The molecule has 0 amide bonds. The van der Waals surface area contributed by atoms with Crippen molar-refractivity contribution in [1.82, 2.24) is 4.98 Å². The summed E-state index contributed by atoms with van der Waals surface area (Å²) in [6.07, 6.45) is 3.56. The van der Waals surface area contributed by atoms with Crippen molar-refractivity contribution < 1.29 is 0 Å². The number of hydrogen-bond donors (Lipinski definition) is 1. The highest BCUT2D eigenvalue weighted by atomic mass is 32.1. The number of nitrogens with zero attached hydrogens (tertiary/aromatic N) is 1. The van der Waals surface area contributed by atoms with Crippen molar-refractivity contribution in [2.75, 3.05) is 0 Å². The van der Waals surface area contributed by atoms with Gasteiger partial charge in [0.2, 0.25) is 0 Å². The lowest BCUT2D eigenvalue weighted by molar-refractivity contribution is 0.299. The van der Waals surface area contributed by atoms with E-state index in [-0.39, 0.29) is 0 Å². The predicted octanol–water partition coefficient (Wildman–Crippen LogP) is 2.68. The van der Waals surface area contributed by atoms with Crippen LogP contribution in [0.5, 0.6) is 0 Å². The lowest BCUT2D eigenvalue weighted by atomic mass is 9.78. The van der Waals surface area contributed by atoms with Crippen molar-refractivity contribution in [3.63, 3.8) is 0 Å². The number of thiazole rings is 1. The van der Waals surface area contributed by atoms with Crippen LogP contribution in [0.2, 0.25) is 0 Å². The Morgan fingerprint density at radius 1 is 1.50 bits per heavy atom. The first-order chi connectivity index (χ1) is 6.66. The summed E-state index contributed by atoms with van der Waals surface area (Å²) in [5.41, 5.74) is 7.16. The van der Waals surface area contributed by atoms with E-state index in [1.807, 2.05) is 0 Å². The summed E-state index contributed by atoms with van der Waals surface area (Å²) in [5, 5.41) is 3.44. The van der Waals surface area contributed by atoms with E-state index in [9.17, 15) is 0 Å². The fourth-order valence-corrected chi connectivity index (χ4v) is 3.29. The molecule has 2 rings (SSSR count). The molecule has 3 heteroatoms. The summed E-state index contributed by atoms with van der Waals surface area (Å²) in [7, 11) is 0. The van der Waals surface area contributed by atoms with Crippen LogP contribution in [0.1, 0.15) is 42.8 Å². The summed E-state index contributed by atoms with van der Waals surface area (Å²) in [6, 6.07) is 0.389. The van der Waals surface area contributed by atoms with Crippen molar-refractivity contribution in [3.05, 3.63) is 16.1 Å². The Bertz CT molecular complexity index is 308. The fraction of sp³-hybridized carbons (Fsp3) is 0.727. The molecule has 1 aliphatic rings. The van der Waals surface area contributed by atoms with Crippen LogP contribution < -0.4 is 5.73 Å². The minimum absolute atomic E-state index is 0.389. The molecule has 0 radical (unpaired) electrons. The van der Waals surface area contributed by atoms with Gasteiger partial charge >= 0.3 is 0 Å². The van der Waals surface area contributed by atoms with Crippen LogP contribution in [0.25, 0.3) is 0 Å². The third-order valence-corrected chi connectivity index (χ3v) is 4.28. The topological polar surface area (TPSA) is 38.9 Å². The van der Waals surface area contributed by atoms with Crippen LogP contribution in [-0.2, 0) is 0 Å². The van der Waals surface area contributed by atoms with E-state index < -0.39 is 0 Å². The quantitative estimate of drug-likeness (QED) is 0.774. The zero-order chi connectivity index (χ0) is 10.1. The van der Waals surface area contributed by atoms with Gasteiger partial charge in [-0.25, -0.2) is 4.98 Å². The lowest BCUT2D eigenvalue weighted by Gasteiger charge is -2.31. The SMILES string of the molecule is Cc1csc(C2CC(N)CCC2C)n1. The number of rotatable bonds is 1. The molecule has 3 unspecified atom stereocenters. The van der Waals surface area contributed by atoms with E-state index in [2.05, 4.69) is 24.2 Å². The van der Waals surface area contributed by atoms with Crippen LogP contribution in [0, 0.1) is 12.8 Å². The second-order valence-electron chi connectivity index (χ2n) is 4.48. The molecule has 14 heavy (non-hydrogen) atoms. The van der Waals surface area contributed by atoms with Crippen molar-refractivity contribution in [1.29, 1.82) is 0 Å². The molecule has 0 bridgehead atoms. The van der Waals surface area contributed by atoms with Gasteiger partial charge < -0.3 is 5.73 Å². The fourth-order valence-electron chi connectivity index (χ4n) is 2.24. The van der Waals surface area contributed by atoms with Crippen molar-refractivity contribution >= 4 is 11.3 Å². The van der Waals surface area contributed by atoms with Crippen molar-refractivity contribution in [2.45, 2.75) is 45.1 Å². The minimum atomic E-state index is 0.389. The molecule has 1 saturated carbocycles. The Labute approximate surface area is 89.5 Å². The van der Waals surface area contributed by atoms with Gasteiger partial charge in [-0.2, -0.15) is 0 Å². The highest BCUT2D eigenvalue weighted by Crippen LogP contribution is 2.38. The van der Waals surface area contributed by atoms with E-state index >= 15 is 0 Å². The van der Waals surface area contributed by atoms with Crippen LogP contribution in [-0.4, -0.2) is 11.0 Å². The van der Waals surface area contributed by atoms with Crippen LogP contribution in [0.4, 0.5) is 0 Å². The van der Waals surface area contributed by atoms with Crippen LogP contribution >= 0.6 is 11.3 Å². The molecule has 2 N–H and O–H groups in total. The van der Waals surface area contributed by atoms with E-state index in [4.69, 9.17) is 5.73 Å². The van der Waals surface area contributed by atoms with Gasteiger partial charge in [0, 0.05) is 23.0 Å². The smallest absolute Gasteiger partial charge is 0.0962 e. The molecule has 1 heterocycles. The van der Waals surface area contributed by atoms with Crippen LogP contribution in [0.15, 0.2) is 5.38 Å². The number of hydrogen-bond acceptors (Lipinski definition) is 3. The Morgan fingerprint density at radius 2 is 2.29 bits per heavy atom. The second kappa shape index (κ2) is 3.99. The third kappa shape index (κ3) is 1.98. The van der Waals surface area contributed by atoms with Crippen molar-refractivity contribution in [2.24, 2.45) is 11.7 Å². The molecule has 0 aliphatic heterocycles. The average Bonchev–Trinajstić information content (AvgIpc) is 2.56. The van der Waals surface area contributed by atoms with Gasteiger partial charge in [0.15, 0.2) is 0 Å². The first-order valence-electron chi connectivity index (χ1n) is 5.34. The predicted molar refractivity (Wildman–Crippen MR) is 60.6 cm³/mol. The molecule has 0 spiro atoms. The Hall–Kier alpha value is -0.410. The summed E-state index contributed by atoms with van der Waals surface area (Å²) >= 11 is 1.80. The van der Waals surface area contributed by atoms with Gasteiger partial charge in [-0.1, -0.05) is 6.92 Å². The van der Waals surface area contributed by atoms with Gasteiger partial charge in [0.05, 0.1) is 5.01 Å². The average molecular weight is 210 g/mol. The monoisotopic (exact) mass is 210 g/mol. The summed E-state index contributed by atoms with van der Waals surface area (Å²) in [6.45, 7) is 4.39. The van der Waals surface area contributed by atoms with Gasteiger partial charge in [-0.05, 0) is 32.1 Å². The van der Waals surface area contributed by atoms with E-state index in [1.165, 1.54) is 17.8 Å². The molecule has 1 aromatic heterocycles. The summed E-state index contributed by atoms with van der Waals surface area (Å²) in [4.78, 5) is 4.58. The molecule has 78 valence electrons. The maximum Gasteiger partial charge on any atom is 0.0962 e. The first-order valence-corrected chi connectivity index (χ1v) is 6.22. The standard InChI is InChI=1S/C11H18N2S/c1-7-3-4-9(12)5-10(7)11-13-8(2)6-14-11/h6-7,9-10H,3-5,12H2,1-2H3. The van der Waals surface area contributed by atoms with E-state index in [1.54, 1.807) is 11.3 Å². The zero-order valence-corrected chi connectivity index (χ0v) is 9.68. The molecule has 1 aromatic rings. The van der Waals surface area contributed by atoms with Crippen molar-refractivity contribution in [3.8, 4) is 0 Å². The number of aromatic nitrogens is 1. The number of aryl methyl sites for hydroxylation is 1.